The molecule has 1 aliphatic heterocycles. The summed E-state index contributed by atoms with van der Waals surface area (Å²) in [6.07, 6.45) is 4.01. The van der Waals surface area contributed by atoms with Crippen molar-refractivity contribution in [3.8, 4) is 11.5 Å². The standard InChI is InChI=1S/C22H31N5O3/c1-4-25(17-18-6-7-19(29-2)20(16-18)30-3)11-8-21(28)26-12-14-27(15-13-26)22-23-9-5-10-24-22/h5-7,9-10,16H,4,8,11-15,17H2,1-3H3. The van der Waals surface area contributed by atoms with E-state index in [9.17, 15) is 4.79 Å². The van der Waals surface area contributed by atoms with Gasteiger partial charge in [-0.3, -0.25) is 9.69 Å². The van der Waals surface area contributed by atoms with Gasteiger partial charge in [0.2, 0.25) is 11.9 Å². The molecule has 1 amide bonds. The van der Waals surface area contributed by atoms with Crippen LogP contribution in [0.5, 0.6) is 11.5 Å². The summed E-state index contributed by atoms with van der Waals surface area (Å²) < 4.78 is 10.7. The molecule has 0 N–H and O–H groups in total. The molecule has 0 saturated carbocycles. The lowest BCUT2D eigenvalue weighted by atomic mass is 10.1. The number of carbonyl (C=O) groups excluding carboxylic acids is 1. The van der Waals surface area contributed by atoms with Gasteiger partial charge in [0, 0.05) is 58.1 Å². The van der Waals surface area contributed by atoms with Crippen molar-refractivity contribution >= 4 is 11.9 Å². The highest BCUT2D eigenvalue weighted by Gasteiger charge is 2.22. The monoisotopic (exact) mass is 413 g/mol. The summed E-state index contributed by atoms with van der Waals surface area (Å²) in [5.41, 5.74) is 1.14. The zero-order valence-electron chi connectivity index (χ0n) is 18.1. The highest BCUT2D eigenvalue weighted by Crippen LogP contribution is 2.28. The van der Waals surface area contributed by atoms with E-state index < -0.39 is 0 Å². The Hall–Kier alpha value is -2.87. The molecule has 2 heterocycles. The highest BCUT2D eigenvalue weighted by atomic mass is 16.5. The third-order valence-electron chi connectivity index (χ3n) is 5.41. The highest BCUT2D eigenvalue weighted by molar-refractivity contribution is 5.76. The number of benzene rings is 1. The Morgan fingerprint density at radius 1 is 1.07 bits per heavy atom. The first kappa shape index (κ1) is 21.8. The Balaban J connectivity index is 1.47. The lowest BCUT2D eigenvalue weighted by Gasteiger charge is -2.35. The second-order valence-corrected chi connectivity index (χ2v) is 7.22. The van der Waals surface area contributed by atoms with Crippen LogP contribution in [0.4, 0.5) is 5.95 Å². The van der Waals surface area contributed by atoms with E-state index in [2.05, 4.69) is 26.7 Å². The van der Waals surface area contributed by atoms with Gasteiger partial charge < -0.3 is 19.3 Å². The van der Waals surface area contributed by atoms with Gasteiger partial charge in [-0.15, -0.1) is 0 Å². The Bertz CT molecular complexity index is 810. The minimum absolute atomic E-state index is 0.203. The number of nitrogens with zero attached hydrogens (tertiary/aromatic N) is 5. The number of ether oxygens (including phenoxy) is 2. The molecule has 1 aromatic carbocycles. The molecule has 8 heteroatoms. The van der Waals surface area contributed by atoms with Gasteiger partial charge in [0.25, 0.3) is 0 Å². The molecule has 1 aromatic heterocycles. The molecular formula is C22H31N5O3. The summed E-state index contributed by atoms with van der Waals surface area (Å²) in [5, 5.41) is 0. The van der Waals surface area contributed by atoms with E-state index >= 15 is 0 Å². The largest absolute Gasteiger partial charge is 0.493 e. The van der Waals surface area contributed by atoms with Crippen molar-refractivity contribution in [2.24, 2.45) is 0 Å². The molecule has 0 radical (unpaired) electrons. The van der Waals surface area contributed by atoms with Gasteiger partial charge in [-0.05, 0) is 30.3 Å². The van der Waals surface area contributed by atoms with Gasteiger partial charge >= 0.3 is 0 Å². The zero-order chi connectivity index (χ0) is 21.3. The first-order valence-corrected chi connectivity index (χ1v) is 10.4. The van der Waals surface area contributed by atoms with Crippen molar-refractivity contribution in [2.45, 2.75) is 19.9 Å². The maximum Gasteiger partial charge on any atom is 0.225 e. The normalized spacial score (nSPS) is 14.1. The van der Waals surface area contributed by atoms with Gasteiger partial charge in [0.15, 0.2) is 11.5 Å². The van der Waals surface area contributed by atoms with Crippen LogP contribution in [0.1, 0.15) is 18.9 Å². The van der Waals surface area contributed by atoms with Gasteiger partial charge in [-0.1, -0.05) is 13.0 Å². The number of amides is 1. The quantitative estimate of drug-likeness (QED) is 0.623. The average molecular weight is 414 g/mol. The van der Waals surface area contributed by atoms with Crippen LogP contribution >= 0.6 is 0 Å². The van der Waals surface area contributed by atoms with E-state index in [4.69, 9.17) is 9.47 Å². The molecule has 3 rings (SSSR count). The molecule has 0 spiro atoms. The summed E-state index contributed by atoms with van der Waals surface area (Å²) in [6.45, 7) is 7.43. The van der Waals surface area contributed by atoms with E-state index in [0.717, 1.165) is 55.7 Å². The van der Waals surface area contributed by atoms with E-state index in [1.54, 1.807) is 26.6 Å². The Labute approximate surface area is 178 Å². The van der Waals surface area contributed by atoms with Gasteiger partial charge in [-0.25, -0.2) is 9.97 Å². The van der Waals surface area contributed by atoms with Crippen LogP contribution in [-0.2, 0) is 11.3 Å². The number of methoxy groups -OCH3 is 2. The molecule has 1 saturated heterocycles. The lowest BCUT2D eigenvalue weighted by Crippen LogP contribution is -2.49. The first-order chi connectivity index (χ1) is 14.6. The SMILES string of the molecule is CCN(CCC(=O)N1CCN(c2ncccn2)CC1)Cc1ccc(OC)c(OC)c1. The van der Waals surface area contributed by atoms with E-state index in [1.807, 2.05) is 29.2 Å². The summed E-state index contributed by atoms with van der Waals surface area (Å²) in [4.78, 5) is 27.6. The number of aromatic nitrogens is 2. The molecule has 2 aromatic rings. The Morgan fingerprint density at radius 3 is 2.40 bits per heavy atom. The number of anilines is 1. The topological polar surface area (TPSA) is 71.0 Å². The first-order valence-electron chi connectivity index (χ1n) is 10.4. The lowest BCUT2D eigenvalue weighted by molar-refractivity contribution is -0.131. The molecule has 1 aliphatic rings. The average Bonchev–Trinajstić information content (AvgIpc) is 2.82. The van der Waals surface area contributed by atoms with E-state index in [-0.39, 0.29) is 5.91 Å². The maximum absolute atomic E-state index is 12.7. The molecule has 0 bridgehead atoms. The van der Waals surface area contributed by atoms with Crippen LogP contribution in [0, 0.1) is 0 Å². The molecule has 1 fully saturated rings. The number of hydrogen-bond acceptors (Lipinski definition) is 7. The second kappa shape index (κ2) is 10.8. The molecule has 0 aliphatic carbocycles. The Morgan fingerprint density at radius 2 is 1.77 bits per heavy atom. The van der Waals surface area contributed by atoms with E-state index in [1.165, 1.54) is 0 Å². The molecule has 0 unspecified atom stereocenters. The van der Waals surface area contributed by atoms with Crippen molar-refractivity contribution in [2.75, 3.05) is 58.4 Å². The van der Waals surface area contributed by atoms with Gasteiger partial charge in [0.1, 0.15) is 0 Å². The fourth-order valence-electron chi connectivity index (χ4n) is 3.61. The smallest absolute Gasteiger partial charge is 0.225 e. The third kappa shape index (κ3) is 5.60. The summed E-state index contributed by atoms with van der Waals surface area (Å²) in [6, 6.07) is 7.76. The van der Waals surface area contributed by atoms with Gasteiger partial charge in [0.05, 0.1) is 14.2 Å². The zero-order valence-corrected chi connectivity index (χ0v) is 18.1. The summed E-state index contributed by atoms with van der Waals surface area (Å²) >= 11 is 0. The van der Waals surface area contributed by atoms with Crippen LogP contribution in [0.2, 0.25) is 0 Å². The summed E-state index contributed by atoms with van der Waals surface area (Å²) in [7, 11) is 3.27. The molecule has 162 valence electrons. The van der Waals surface area contributed by atoms with Crippen molar-refractivity contribution in [1.29, 1.82) is 0 Å². The minimum Gasteiger partial charge on any atom is -0.493 e. The number of piperazine rings is 1. The predicted octanol–water partition coefficient (Wildman–Crippen LogP) is 2.05. The third-order valence-corrected chi connectivity index (χ3v) is 5.41. The van der Waals surface area contributed by atoms with Crippen molar-refractivity contribution < 1.29 is 14.3 Å². The molecule has 0 atom stereocenters. The Kier molecular flexibility index (Phi) is 7.84. The van der Waals surface area contributed by atoms with Crippen LogP contribution in [0.25, 0.3) is 0 Å². The fourth-order valence-corrected chi connectivity index (χ4v) is 3.61. The van der Waals surface area contributed by atoms with Crippen molar-refractivity contribution in [3.63, 3.8) is 0 Å². The number of carbonyl (C=O) groups is 1. The number of rotatable bonds is 9. The van der Waals surface area contributed by atoms with Crippen molar-refractivity contribution in [1.82, 2.24) is 19.8 Å². The van der Waals surface area contributed by atoms with E-state index in [0.29, 0.717) is 19.5 Å². The second-order valence-electron chi connectivity index (χ2n) is 7.22. The predicted molar refractivity (Wildman–Crippen MR) is 116 cm³/mol. The van der Waals surface area contributed by atoms with Crippen LogP contribution in [0.3, 0.4) is 0 Å². The maximum atomic E-state index is 12.7. The number of hydrogen-bond donors (Lipinski definition) is 0. The minimum atomic E-state index is 0.203. The van der Waals surface area contributed by atoms with Crippen LogP contribution in [0.15, 0.2) is 36.7 Å². The molecule has 8 nitrogen and oxygen atoms in total. The fraction of sp³-hybridized carbons (Fsp3) is 0.500. The van der Waals surface area contributed by atoms with Gasteiger partial charge in [-0.2, -0.15) is 0 Å². The van der Waals surface area contributed by atoms with Crippen molar-refractivity contribution in [3.05, 3.63) is 42.2 Å². The molecule has 30 heavy (non-hydrogen) atoms. The summed E-state index contributed by atoms with van der Waals surface area (Å²) in [5.74, 6) is 2.38. The van der Waals surface area contributed by atoms with Crippen LogP contribution < -0.4 is 14.4 Å². The molecular weight excluding hydrogens is 382 g/mol. The van der Waals surface area contributed by atoms with Crippen LogP contribution in [-0.4, -0.2) is 79.2 Å².